The van der Waals surface area contributed by atoms with Crippen LogP contribution in [0.4, 0.5) is 0 Å². The highest BCUT2D eigenvalue weighted by Gasteiger charge is 2.22. The van der Waals surface area contributed by atoms with Gasteiger partial charge < -0.3 is 25.6 Å². The van der Waals surface area contributed by atoms with Crippen LogP contribution in [0.2, 0.25) is 0 Å². The molecule has 0 aromatic heterocycles. The molecular weight excluding hydrogens is 385 g/mol. The number of para-hydroxylation sites is 1. The van der Waals surface area contributed by atoms with E-state index in [1.165, 1.54) is 25.7 Å². The van der Waals surface area contributed by atoms with Crippen LogP contribution in [0, 0.1) is 0 Å². The van der Waals surface area contributed by atoms with Crippen LogP contribution in [-0.2, 0) is 9.09 Å². The molecule has 8 nitrogen and oxygen atoms in total. The van der Waals surface area contributed by atoms with Crippen LogP contribution in [0.25, 0.3) is 0 Å². The second kappa shape index (κ2) is 15.9. The summed E-state index contributed by atoms with van der Waals surface area (Å²) in [5.74, 6) is 0.345. The van der Waals surface area contributed by atoms with Gasteiger partial charge in [-0.05, 0) is 18.6 Å². The topological polar surface area (TPSA) is 142 Å². The monoisotopic (exact) mass is 421 g/mol. The lowest BCUT2D eigenvalue weighted by molar-refractivity contribution is 0.0697. The van der Waals surface area contributed by atoms with Crippen LogP contribution in [-0.4, -0.2) is 52.2 Å². The third-order valence-electron chi connectivity index (χ3n) is 3.91. The number of hydrogen-bond acceptors (Lipinski definition) is 7. The number of phosphoric ester groups is 1. The molecule has 164 valence electrons. The van der Waals surface area contributed by atoms with Gasteiger partial charge in [-0.1, -0.05) is 63.6 Å². The Morgan fingerprint density at radius 3 is 1.89 bits per heavy atom. The molecule has 1 rings (SSSR count). The Morgan fingerprint density at radius 1 is 0.929 bits per heavy atom. The van der Waals surface area contributed by atoms with E-state index in [1.807, 2.05) is 6.07 Å². The minimum Gasteiger partial charge on any atom is -0.404 e. The van der Waals surface area contributed by atoms with Crippen molar-refractivity contribution in [3.63, 3.8) is 0 Å². The third-order valence-corrected chi connectivity index (χ3v) is 4.86. The number of aliphatic hydroxyl groups is 3. The summed E-state index contributed by atoms with van der Waals surface area (Å²) in [7, 11) is -3.98. The second-order valence-electron chi connectivity index (χ2n) is 6.66. The van der Waals surface area contributed by atoms with E-state index in [1.54, 1.807) is 24.3 Å². The molecule has 0 aliphatic heterocycles. The number of unbranched alkanes of at least 4 members (excludes halogenated alkanes) is 6. The van der Waals surface area contributed by atoms with E-state index in [9.17, 15) is 9.46 Å². The molecule has 0 fully saturated rings. The SMILES string of the molecule is CCCCCCCCCOP(=O)(O)Oc1ccccc1.NC(CO)(CO)CO. The molecule has 0 saturated carbocycles. The highest BCUT2D eigenvalue weighted by molar-refractivity contribution is 7.47. The first-order chi connectivity index (χ1) is 13.3. The highest BCUT2D eigenvalue weighted by atomic mass is 31.2. The predicted octanol–water partition coefficient (Wildman–Crippen LogP) is 2.59. The Morgan fingerprint density at radius 2 is 1.43 bits per heavy atom. The maximum absolute atomic E-state index is 11.7. The fourth-order valence-corrected chi connectivity index (χ4v) is 2.83. The lowest BCUT2D eigenvalue weighted by Crippen LogP contribution is -2.50. The van der Waals surface area contributed by atoms with Gasteiger partial charge in [0, 0.05) is 0 Å². The predicted molar refractivity (Wildman–Crippen MR) is 109 cm³/mol. The molecule has 0 spiro atoms. The molecular formula is C19H36NO7P. The molecule has 1 aromatic carbocycles. The van der Waals surface area contributed by atoms with E-state index in [0.717, 1.165) is 19.3 Å². The number of benzene rings is 1. The normalized spacial score (nSPS) is 13.4. The Kier molecular flexibility index (Phi) is 15.3. The average molecular weight is 421 g/mol. The first-order valence-corrected chi connectivity index (χ1v) is 11.2. The van der Waals surface area contributed by atoms with Crippen molar-refractivity contribution >= 4 is 7.82 Å². The Hall–Kier alpha value is -0.990. The summed E-state index contributed by atoms with van der Waals surface area (Å²) in [6, 6.07) is 8.55. The number of hydrogen-bond donors (Lipinski definition) is 5. The summed E-state index contributed by atoms with van der Waals surface area (Å²) in [5.41, 5.74) is 3.94. The molecule has 0 radical (unpaired) electrons. The quantitative estimate of drug-likeness (QED) is 0.228. The van der Waals surface area contributed by atoms with Crippen LogP contribution < -0.4 is 10.3 Å². The zero-order chi connectivity index (χ0) is 21.3. The van der Waals surface area contributed by atoms with E-state index < -0.39 is 33.2 Å². The molecule has 0 aliphatic carbocycles. The highest BCUT2D eigenvalue weighted by Crippen LogP contribution is 2.43. The van der Waals surface area contributed by atoms with E-state index in [2.05, 4.69) is 6.92 Å². The van der Waals surface area contributed by atoms with Crippen molar-refractivity contribution < 1.29 is 33.8 Å². The minimum absolute atomic E-state index is 0.258. The number of rotatable bonds is 14. The average Bonchev–Trinajstić information content (AvgIpc) is 2.70. The molecule has 1 aromatic rings. The summed E-state index contributed by atoms with van der Waals surface area (Å²) in [5, 5.41) is 25.0. The van der Waals surface area contributed by atoms with Gasteiger partial charge in [-0.15, -0.1) is 0 Å². The lowest BCUT2D eigenvalue weighted by Gasteiger charge is -2.20. The Labute approximate surface area is 167 Å². The molecule has 9 heteroatoms. The summed E-state index contributed by atoms with van der Waals surface area (Å²) < 4.78 is 21.6. The van der Waals surface area contributed by atoms with Crippen molar-refractivity contribution in [2.75, 3.05) is 26.4 Å². The largest absolute Gasteiger partial charge is 0.527 e. The number of phosphoric acid groups is 1. The molecule has 1 atom stereocenters. The van der Waals surface area contributed by atoms with Crippen LogP contribution in [0.15, 0.2) is 30.3 Å². The Bertz CT molecular complexity index is 518. The van der Waals surface area contributed by atoms with E-state index in [4.69, 9.17) is 30.1 Å². The summed E-state index contributed by atoms with van der Waals surface area (Å²) in [6.45, 7) is 1.24. The van der Waals surface area contributed by atoms with Gasteiger partial charge in [-0.3, -0.25) is 9.42 Å². The van der Waals surface area contributed by atoms with Crippen LogP contribution in [0.1, 0.15) is 51.9 Å². The molecule has 0 amide bonds. The van der Waals surface area contributed by atoms with Crippen molar-refractivity contribution in [1.82, 2.24) is 0 Å². The summed E-state index contributed by atoms with van der Waals surface area (Å²) >= 11 is 0. The summed E-state index contributed by atoms with van der Waals surface area (Å²) in [4.78, 5) is 9.55. The molecule has 0 aliphatic rings. The van der Waals surface area contributed by atoms with Crippen LogP contribution in [0.3, 0.4) is 0 Å². The van der Waals surface area contributed by atoms with Crippen LogP contribution in [0.5, 0.6) is 5.75 Å². The van der Waals surface area contributed by atoms with Gasteiger partial charge >= 0.3 is 7.82 Å². The first-order valence-electron chi connectivity index (χ1n) is 9.66. The third kappa shape index (κ3) is 14.1. The minimum atomic E-state index is -3.98. The number of aliphatic hydroxyl groups excluding tert-OH is 3. The van der Waals surface area contributed by atoms with Crippen molar-refractivity contribution in [2.24, 2.45) is 5.73 Å². The molecule has 0 bridgehead atoms. The van der Waals surface area contributed by atoms with Gasteiger partial charge in [0.1, 0.15) is 5.75 Å². The van der Waals surface area contributed by atoms with Gasteiger partial charge in [-0.2, -0.15) is 0 Å². The van der Waals surface area contributed by atoms with Gasteiger partial charge in [0.25, 0.3) is 0 Å². The smallest absolute Gasteiger partial charge is 0.404 e. The fraction of sp³-hybridized carbons (Fsp3) is 0.684. The maximum atomic E-state index is 11.7. The van der Waals surface area contributed by atoms with Gasteiger partial charge in [0.15, 0.2) is 0 Å². The molecule has 6 N–H and O–H groups in total. The lowest BCUT2D eigenvalue weighted by atomic mass is 10.1. The molecule has 1 unspecified atom stereocenters. The zero-order valence-corrected chi connectivity index (χ0v) is 17.6. The zero-order valence-electron chi connectivity index (χ0n) is 16.7. The van der Waals surface area contributed by atoms with Gasteiger partial charge in [0.2, 0.25) is 0 Å². The summed E-state index contributed by atoms with van der Waals surface area (Å²) in [6.07, 6.45) is 7.99. The standard InChI is InChI=1S/C15H25O4P.C4H11NO3/c1-2-3-4-5-6-7-11-14-18-20(16,17)19-15-12-9-8-10-13-15;5-4(1-6,2-7)3-8/h8-10,12-13H,2-7,11,14H2,1H3,(H,16,17);6-8H,1-3,5H2. The molecule has 0 saturated heterocycles. The molecule has 28 heavy (non-hydrogen) atoms. The first kappa shape index (κ1) is 27.0. The van der Waals surface area contributed by atoms with Gasteiger partial charge in [-0.25, -0.2) is 4.57 Å². The molecule has 0 heterocycles. The van der Waals surface area contributed by atoms with Gasteiger partial charge in [0.05, 0.1) is 32.0 Å². The number of nitrogens with two attached hydrogens (primary N) is 1. The second-order valence-corrected chi connectivity index (χ2v) is 8.04. The van der Waals surface area contributed by atoms with Crippen molar-refractivity contribution in [2.45, 2.75) is 57.4 Å². The van der Waals surface area contributed by atoms with Crippen molar-refractivity contribution in [3.8, 4) is 5.75 Å². The van der Waals surface area contributed by atoms with Crippen molar-refractivity contribution in [1.29, 1.82) is 0 Å². The maximum Gasteiger partial charge on any atom is 0.527 e. The van der Waals surface area contributed by atoms with Crippen molar-refractivity contribution in [3.05, 3.63) is 30.3 Å². The van der Waals surface area contributed by atoms with E-state index in [-0.39, 0.29) is 6.61 Å². The van der Waals surface area contributed by atoms with E-state index >= 15 is 0 Å². The Balaban J connectivity index is 0.000000769. The fourth-order valence-electron chi connectivity index (χ4n) is 2.03. The van der Waals surface area contributed by atoms with Crippen LogP contribution >= 0.6 is 7.82 Å². The van der Waals surface area contributed by atoms with E-state index in [0.29, 0.717) is 5.75 Å².